The molecule has 1 aliphatic heterocycles. The van der Waals surface area contributed by atoms with Gasteiger partial charge in [0.2, 0.25) is 0 Å². The third kappa shape index (κ3) is 3.71. The van der Waals surface area contributed by atoms with E-state index in [4.69, 9.17) is 15.2 Å². The van der Waals surface area contributed by atoms with Crippen LogP contribution in [0.5, 0.6) is 0 Å². The van der Waals surface area contributed by atoms with E-state index in [1.165, 1.54) is 0 Å². The summed E-state index contributed by atoms with van der Waals surface area (Å²) in [5.41, 5.74) is 6.71. The molecular formula is C14H18ClNO4. The lowest BCUT2D eigenvalue weighted by Gasteiger charge is -2.15. The molecule has 20 heavy (non-hydrogen) atoms. The van der Waals surface area contributed by atoms with E-state index in [0.29, 0.717) is 18.4 Å². The van der Waals surface area contributed by atoms with Crippen LogP contribution in [0.15, 0.2) is 24.3 Å². The van der Waals surface area contributed by atoms with Crippen LogP contribution in [-0.2, 0) is 14.3 Å². The average molecular weight is 300 g/mol. The first kappa shape index (κ1) is 16.5. The van der Waals surface area contributed by atoms with Crippen LogP contribution in [0.25, 0.3) is 0 Å². The smallest absolute Gasteiger partial charge is 0.339 e. The van der Waals surface area contributed by atoms with E-state index in [0.717, 1.165) is 5.56 Å². The third-order valence-corrected chi connectivity index (χ3v) is 3.11. The molecule has 1 heterocycles. The highest BCUT2D eigenvalue weighted by Crippen LogP contribution is 2.33. The predicted molar refractivity (Wildman–Crippen MR) is 75.7 cm³/mol. The zero-order valence-electron chi connectivity index (χ0n) is 11.2. The second-order valence-electron chi connectivity index (χ2n) is 4.56. The lowest BCUT2D eigenvalue weighted by molar-refractivity contribution is -0.147. The summed E-state index contributed by atoms with van der Waals surface area (Å²) in [5, 5.41) is 0. The van der Waals surface area contributed by atoms with E-state index in [1.807, 2.05) is 18.2 Å². The van der Waals surface area contributed by atoms with Gasteiger partial charge in [0.25, 0.3) is 0 Å². The third-order valence-electron chi connectivity index (χ3n) is 3.11. The van der Waals surface area contributed by atoms with Gasteiger partial charge < -0.3 is 15.2 Å². The minimum atomic E-state index is -0.420. The molecule has 0 bridgehead atoms. The summed E-state index contributed by atoms with van der Waals surface area (Å²) in [5.74, 6) is -0.705. The first-order valence-electron chi connectivity index (χ1n) is 6.31. The standard InChI is InChI=1S/C14H17NO4.ClH/c1-9(18-13(16)8-15)6-7-12-10-4-2-3-5-11(10)14(17)19-12;/h2-5,9,12H,6-8,15H2,1H3;1H. The van der Waals surface area contributed by atoms with Crippen molar-refractivity contribution in [1.29, 1.82) is 0 Å². The Morgan fingerprint density at radius 3 is 2.85 bits per heavy atom. The number of rotatable bonds is 5. The molecule has 2 unspecified atom stereocenters. The highest BCUT2D eigenvalue weighted by molar-refractivity contribution is 5.93. The molecule has 110 valence electrons. The van der Waals surface area contributed by atoms with Gasteiger partial charge in [0.1, 0.15) is 6.10 Å². The molecule has 0 saturated heterocycles. The van der Waals surface area contributed by atoms with Gasteiger partial charge in [0.15, 0.2) is 0 Å². The van der Waals surface area contributed by atoms with Gasteiger partial charge in [0.05, 0.1) is 18.2 Å². The number of nitrogens with two attached hydrogens (primary N) is 1. The van der Waals surface area contributed by atoms with Crippen molar-refractivity contribution in [1.82, 2.24) is 0 Å². The fourth-order valence-electron chi connectivity index (χ4n) is 2.15. The Balaban J connectivity index is 0.00000200. The number of hydrogen-bond acceptors (Lipinski definition) is 5. The molecule has 1 aromatic rings. The van der Waals surface area contributed by atoms with E-state index in [9.17, 15) is 9.59 Å². The topological polar surface area (TPSA) is 78.6 Å². The van der Waals surface area contributed by atoms with Gasteiger partial charge in [-0.1, -0.05) is 18.2 Å². The largest absolute Gasteiger partial charge is 0.462 e. The summed E-state index contributed by atoms with van der Waals surface area (Å²) in [7, 11) is 0. The van der Waals surface area contributed by atoms with Crippen LogP contribution >= 0.6 is 12.4 Å². The highest BCUT2D eigenvalue weighted by Gasteiger charge is 2.30. The molecule has 1 aliphatic rings. The number of carbonyl (C=O) groups is 2. The second-order valence-corrected chi connectivity index (χ2v) is 4.56. The maximum Gasteiger partial charge on any atom is 0.339 e. The van der Waals surface area contributed by atoms with Gasteiger partial charge >= 0.3 is 11.9 Å². The maximum atomic E-state index is 11.6. The quantitative estimate of drug-likeness (QED) is 0.841. The van der Waals surface area contributed by atoms with Crippen LogP contribution in [0.3, 0.4) is 0 Å². The number of hydrogen-bond donors (Lipinski definition) is 1. The molecule has 0 spiro atoms. The lowest BCUT2D eigenvalue weighted by atomic mass is 10.0. The maximum absolute atomic E-state index is 11.6. The number of ether oxygens (including phenoxy) is 2. The Morgan fingerprint density at radius 2 is 2.15 bits per heavy atom. The molecule has 0 radical (unpaired) electrons. The van der Waals surface area contributed by atoms with Crippen LogP contribution in [-0.4, -0.2) is 24.6 Å². The molecule has 0 fully saturated rings. The molecule has 5 nitrogen and oxygen atoms in total. The van der Waals surface area contributed by atoms with Crippen LogP contribution < -0.4 is 5.73 Å². The Morgan fingerprint density at radius 1 is 1.45 bits per heavy atom. The van der Waals surface area contributed by atoms with Gasteiger partial charge in [-0.25, -0.2) is 4.79 Å². The van der Waals surface area contributed by atoms with E-state index in [-0.39, 0.29) is 37.1 Å². The van der Waals surface area contributed by atoms with Gasteiger partial charge in [-0.3, -0.25) is 4.79 Å². The molecule has 6 heteroatoms. The van der Waals surface area contributed by atoms with E-state index < -0.39 is 5.97 Å². The van der Waals surface area contributed by atoms with Crippen molar-refractivity contribution < 1.29 is 19.1 Å². The van der Waals surface area contributed by atoms with Crippen molar-refractivity contribution >= 4 is 24.3 Å². The van der Waals surface area contributed by atoms with Crippen LogP contribution in [0.4, 0.5) is 0 Å². The predicted octanol–water partition coefficient (Wildman–Crippen LogP) is 1.99. The van der Waals surface area contributed by atoms with Gasteiger partial charge in [0, 0.05) is 5.56 Å². The summed E-state index contributed by atoms with van der Waals surface area (Å²) >= 11 is 0. The van der Waals surface area contributed by atoms with E-state index in [1.54, 1.807) is 13.0 Å². The van der Waals surface area contributed by atoms with E-state index in [2.05, 4.69) is 0 Å². The van der Waals surface area contributed by atoms with Crippen molar-refractivity contribution in [3.63, 3.8) is 0 Å². The fourth-order valence-corrected chi connectivity index (χ4v) is 2.15. The monoisotopic (exact) mass is 299 g/mol. The summed E-state index contributed by atoms with van der Waals surface area (Å²) in [4.78, 5) is 22.7. The number of benzene rings is 1. The van der Waals surface area contributed by atoms with Crippen molar-refractivity contribution in [2.45, 2.75) is 32.0 Å². The molecule has 0 aromatic heterocycles. The number of esters is 2. The zero-order valence-corrected chi connectivity index (χ0v) is 12.0. The summed E-state index contributed by atoms with van der Waals surface area (Å²) in [6.45, 7) is 1.68. The lowest BCUT2D eigenvalue weighted by Crippen LogP contribution is -2.22. The van der Waals surface area contributed by atoms with Crippen molar-refractivity contribution in [3.8, 4) is 0 Å². The van der Waals surface area contributed by atoms with Crippen LogP contribution in [0, 0.1) is 0 Å². The minimum Gasteiger partial charge on any atom is -0.462 e. The summed E-state index contributed by atoms with van der Waals surface area (Å²) < 4.78 is 10.4. The molecule has 0 amide bonds. The first-order chi connectivity index (χ1) is 9.11. The normalized spacial score (nSPS) is 17.7. The molecule has 2 atom stereocenters. The second kappa shape index (κ2) is 7.26. The Bertz CT molecular complexity index is 492. The molecule has 1 aromatic carbocycles. The highest BCUT2D eigenvalue weighted by atomic mass is 35.5. The molecule has 2 rings (SSSR count). The Labute approximate surface area is 123 Å². The fraction of sp³-hybridized carbons (Fsp3) is 0.429. The average Bonchev–Trinajstić information content (AvgIpc) is 2.74. The minimum absolute atomic E-state index is 0. The van der Waals surface area contributed by atoms with Crippen LogP contribution in [0.1, 0.15) is 41.8 Å². The number of cyclic esters (lactones) is 1. The van der Waals surface area contributed by atoms with Crippen molar-refractivity contribution in [2.24, 2.45) is 5.73 Å². The molecular weight excluding hydrogens is 282 g/mol. The summed E-state index contributed by atoms with van der Waals surface area (Å²) in [6, 6.07) is 7.34. The van der Waals surface area contributed by atoms with Crippen molar-refractivity contribution in [2.75, 3.05) is 6.54 Å². The van der Waals surface area contributed by atoms with Crippen molar-refractivity contribution in [3.05, 3.63) is 35.4 Å². The summed E-state index contributed by atoms with van der Waals surface area (Å²) in [6.07, 6.45) is 0.769. The Hall–Kier alpha value is -1.59. The molecule has 0 aliphatic carbocycles. The van der Waals surface area contributed by atoms with Gasteiger partial charge in [-0.05, 0) is 25.8 Å². The Kier molecular flexibility index (Phi) is 5.98. The van der Waals surface area contributed by atoms with Gasteiger partial charge in [-0.2, -0.15) is 0 Å². The van der Waals surface area contributed by atoms with Gasteiger partial charge in [-0.15, -0.1) is 12.4 Å². The first-order valence-corrected chi connectivity index (χ1v) is 6.31. The van der Waals surface area contributed by atoms with E-state index >= 15 is 0 Å². The zero-order chi connectivity index (χ0) is 13.8. The number of halogens is 1. The molecule has 0 saturated carbocycles. The SMILES string of the molecule is CC(CCC1OC(=O)c2ccccc21)OC(=O)CN.Cl. The molecule has 2 N–H and O–H groups in total. The number of carbonyl (C=O) groups excluding carboxylic acids is 2. The number of fused-ring (bicyclic) bond motifs is 1. The van der Waals surface area contributed by atoms with Crippen LogP contribution in [0.2, 0.25) is 0 Å².